The Morgan fingerprint density at radius 3 is 2.28 bits per heavy atom. The van der Waals surface area contributed by atoms with Crippen molar-refractivity contribution in [1.29, 1.82) is 0 Å². The molecular formula is C43H59N3O10Si. The van der Waals surface area contributed by atoms with Crippen LogP contribution < -0.4 is 15.0 Å². The van der Waals surface area contributed by atoms with Crippen molar-refractivity contribution >= 4 is 43.7 Å². The number of esters is 1. The molecule has 2 aromatic carbocycles. The van der Waals surface area contributed by atoms with E-state index in [4.69, 9.17) is 18.6 Å². The van der Waals surface area contributed by atoms with Gasteiger partial charge in [0, 0.05) is 19.0 Å². The zero-order valence-corrected chi connectivity index (χ0v) is 35.8. The van der Waals surface area contributed by atoms with Gasteiger partial charge in [-0.1, -0.05) is 71.5 Å². The van der Waals surface area contributed by atoms with Gasteiger partial charge in [0.15, 0.2) is 31.8 Å². The molecule has 13 nitrogen and oxygen atoms in total. The minimum Gasteiger partial charge on any atom is -0.504 e. The van der Waals surface area contributed by atoms with Gasteiger partial charge in [-0.15, -0.1) is 0 Å². The topological polar surface area (TPSA) is 161 Å². The molecule has 2 heterocycles. The Morgan fingerprint density at radius 1 is 1.05 bits per heavy atom. The van der Waals surface area contributed by atoms with Crippen LogP contribution in [0.15, 0.2) is 49.1 Å². The summed E-state index contributed by atoms with van der Waals surface area (Å²) in [6.45, 7) is 19.9. The zero-order chi connectivity index (χ0) is 42.0. The second-order valence-corrected chi connectivity index (χ2v) is 22.4. The van der Waals surface area contributed by atoms with Crippen LogP contribution in [0.1, 0.15) is 88.7 Å². The van der Waals surface area contributed by atoms with Gasteiger partial charge in [0.25, 0.3) is 5.91 Å². The van der Waals surface area contributed by atoms with Crippen LogP contribution >= 0.6 is 0 Å². The van der Waals surface area contributed by atoms with Crippen LogP contribution in [-0.4, -0.2) is 86.6 Å². The van der Waals surface area contributed by atoms with E-state index in [0.717, 1.165) is 12.8 Å². The van der Waals surface area contributed by atoms with Gasteiger partial charge in [0.2, 0.25) is 5.91 Å². The van der Waals surface area contributed by atoms with E-state index in [-0.39, 0.29) is 76.9 Å². The molecule has 0 aromatic heterocycles. The molecule has 1 saturated heterocycles. The van der Waals surface area contributed by atoms with Gasteiger partial charge in [0.1, 0.15) is 13.2 Å². The first-order valence-electron chi connectivity index (χ1n) is 19.7. The molecule has 2 fully saturated rings. The average molecular weight is 806 g/mol. The second-order valence-electron chi connectivity index (χ2n) is 17.7. The summed E-state index contributed by atoms with van der Waals surface area (Å²) in [4.78, 5) is 70.3. The van der Waals surface area contributed by atoms with Gasteiger partial charge in [-0.05, 0) is 72.8 Å². The van der Waals surface area contributed by atoms with E-state index in [1.807, 2.05) is 18.7 Å². The van der Waals surface area contributed by atoms with E-state index in [0.29, 0.717) is 24.1 Å². The summed E-state index contributed by atoms with van der Waals surface area (Å²) in [5.41, 5.74) is 1.76. The number of benzene rings is 2. The standard InChI is InChI=1S/C43H59N3O10Si/c1-11-18-54-37(49)21-30(26(2)3)38(50)44-27(4)34(47)19-28-12-14-29(15-13-28)24-55-41(52)46-32-22-35(48)36(53-8)20-31(32)39(51)45-25-43(16-17-43)23-33(45)40(46)56-57(9,10)42(5,6)7/h11-15,20,22,26-27,30,33,40,48H,1,16-19,21,23-25H2,2-10H3,(H,44,50)/t27-,30-,33-,40-/m0/s1. The molecule has 3 aliphatic rings. The largest absolute Gasteiger partial charge is 0.504 e. The molecule has 1 spiro atoms. The number of methoxy groups -OCH3 is 1. The summed E-state index contributed by atoms with van der Waals surface area (Å²) in [5.74, 6) is -2.28. The number of Topliss-reactive ketones (excluding diaryl/α,β-unsaturated/α-hetero) is 1. The quantitative estimate of drug-likeness (QED) is 0.110. The van der Waals surface area contributed by atoms with Crippen molar-refractivity contribution in [2.75, 3.05) is 25.2 Å². The molecule has 5 rings (SSSR count). The fourth-order valence-electron chi connectivity index (χ4n) is 7.23. The number of amides is 3. The summed E-state index contributed by atoms with van der Waals surface area (Å²) >= 11 is 0. The van der Waals surface area contributed by atoms with Crippen molar-refractivity contribution in [3.63, 3.8) is 0 Å². The highest BCUT2D eigenvalue weighted by Gasteiger charge is 2.59. The van der Waals surface area contributed by atoms with Crippen LogP contribution in [0.3, 0.4) is 0 Å². The van der Waals surface area contributed by atoms with Crippen molar-refractivity contribution < 1.29 is 47.7 Å². The molecule has 0 unspecified atom stereocenters. The highest BCUT2D eigenvalue weighted by Crippen LogP contribution is 2.57. The lowest BCUT2D eigenvalue weighted by Gasteiger charge is -2.44. The van der Waals surface area contributed by atoms with Crippen molar-refractivity contribution in [3.8, 4) is 11.5 Å². The van der Waals surface area contributed by atoms with E-state index in [1.54, 1.807) is 31.2 Å². The van der Waals surface area contributed by atoms with E-state index < -0.39 is 50.5 Å². The fraction of sp³-hybridized carbons (Fsp3) is 0.558. The molecule has 3 amide bonds. The number of nitrogens with zero attached hydrogens (tertiary/aromatic N) is 2. The number of hydrogen-bond donors (Lipinski definition) is 2. The van der Waals surface area contributed by atoms with Gasteiger partial charge in [0.05, 0.1) is 42.8 Å². The van der Waals surface area contributed by atoms with Crippen LogP contribution in [0.5, 0.6) is 11.5 Å². The maximum Gasteiger partial charge on any atom is 0.416 e. The molecule has 14 heteroatoms. The maximum atomic E-state index is 14.4. The monoisotopic (exact) mass is 805 g/mol. The van der Waals surface area contributed by atoms with Crippen LogP contribution in [0.4, 0.5) is 10.5 Å². The van der Waals surface area contributed by atoms with Crippen molar-refractivity contribution in [2.24, 2.45) is 17.3 Å². The lowest BCUT2D eigenvalue weighted by Crippen LogP contribution is -2.58. The molecular weight excluding hydrogens is 747 g/mol. The second kappa shape index (κ2) is 17.0. The number of ketones is 1. The maximum absolute atomic E-state index is 14.4. The van der Waals surface area contributed by atoms with Crippen LogP contribution in [0, 0.1) is 17.3 Å². The summed E-state index contributed by atoms with van der Waals surface area (Å²) in [6, 6.07) is 8.69. The lowest BCUT2D eigenvalue weighted by atomic mass is 9.91. The number of ether oxygens (including phenoxy) is 3. The van der Waals surface area contributed by atoms with Crippen LogP contribution in [-0.2, 0) is 41.3 Å². The smallest absolute Gasteiger partial charge is 0.416 e. The summed E-state index contributed by atoms with van der Waals surface area (Å²) in [7, 11) is -1.15. The average Bonchev–Trinajstić information content (AvgIpc) is 3.81. The van der Waals surface area contributed by atoms with Gasteiger partial charge in [-0.25, -0.2) is 9.69 Å². The van der Waals surface area contributed by atoms with E-state index in [9.17, 15) is 29.1 Å². The SMILES string of the molecule is C=CCOC(=O)C[C@H](C(=O)N[C@@H](C)C(=O)Cc1ccc(COC(=O)N2c3cc(O)c(OC)cc3C(=O)N3CC4(CC4)C[C@H]3[C@@H]2O[Si](C)(C)C(C)(C)C)cc1)C(C)C. The summed E-state index contributed by atoms with van der Waals surface area (Å²) in [6.07, 6.45) is 2.49. The van der Waals surface area contributed by atoms with E-state index >= 15 is 0 Å². The fourth-order valence-corrected chi connectivity index (χ4v) is 8.45. The Morgan fingerprint density at radius 2 is 1.70 bits per heavy atom. The van der Waals surface area contributed by atoms with E-state index in [1.165, 1.54) is 30.2 Å². The third kappa shape index (κ3) is 9.72. The highest BCUT2D eigenvalue weighted by atomic mass is 28.4. The number of anilines is 1. The third-order valence-electron chi connectivity index (χ3n) is 12.1. The number of fused-ring (bicyclic) bond motifs is 2. The molecule has 1 aliphatic carbocycles. The number of nitrogens with one attached hydrogen (secondary N) is 1. The first-order valence-corrected chi connectivity index (χ1v) is 22.6. The van der Waals surface area contributed by atoms with E-state index in [2.05, 4.69) is 45.8 Å². The molecule has 0 radical (unpaired) electrons. The molecule has 0 bridgehead atoms. The number of carbonyl (C=O) groups is 5. The predicted molar refractivity (Wildman–Crippen MR) is 217 cm³/mol. The Hall–Kier alpha value is -4.69. The molecule has 310 valence electrons. The van der Waals surface area contributed by atoms with Crippen LogP contribution in [0.2, 0.25) is 18.1 Å². The van der Waals surface area contributed by atoms with Gasteiger partial charge in [-0.2, -0.15) is 0 Å². The zero-order valence-electron chi connectivity index (χ0n) is 34.8. The van der Waals surface area contributed by atoms with Gasteiger partial charge >= 0.3 is 12.1 Å². The molecule has 1 saturated carbocycles. The van der Waals surface area contributed by atoms with Gasteiger partial charge < -0.3 is 34.0 Å². The molecule has 2 aliphatic heterocycles. The predicted octanol–water partition coefficient (Wildman–Crippen LogP) is 6.91. The summed E-state index contributed by atoms with van der Waals surface area (Å²) in [5, 5.41) is 13.5. The van der Waals surface area contributed by atoms with Crippen molar-refractivity contribution in [1.82, 2.24) is 10.2 Å². The summed E-state index contributed by atoms with van der Waals surface area (Å²) < 4.78 is 23.5. The van der Waals surface area contributed by atoms with Crippen LogP contribution in [0.25, 0.3) is 0 Å². The molecule has 4 atom stereocenters. The number of rotatable bonds is 15. The molecule has 2 aromatic rings. The third-order valence-corrected chi connectivity index (χ3v) is 16.5. The number of phenolic OH excluding ortho intramolecular Hbond substituents is 1. The number of carbonyl (C=O) groups excluding carboxylic acids is 5. The van der Waals surface area contributed by atoms with Gasteiger partial charge in [-0.3, -0.25) is 19.2 Å². The molecule has 2 N–H and O–H groups in total. The normalized spacial score (nSPS) is 19.6. The minimum absolute atomic E-state index is 0.00643. The Kier molecular flexibility index (Phi) is 13.0. The first kappa shape index (κ1) is 43.4. The lowest BCUT2D eigenvalue weighted by molar-refractivity contribution is -0.146. The number of aromatic hydroxyl groups is 1. The van der Waals surface area contributed by atoms with Crippen molar-refractivity contribution in [3.05, 3.63) is 65.7 Å². The minimum atomic E-state index is -2.56. The Balaban J connectivity index is 1.32. The Bertz CT molecular complexity index is 1870. The van der Waals surface area contributed by atoms with Crippen molar-refractivity contribution in [2.45, 2.75) is 117 Å². The number of hydrogen-bond acceptors (Lipinski definition) is 10. The number of phenols is 1. The molecule has 57 heavy (non-hydrogen) atoms. The highest BCUT2D eigenvalue weighted by molar-refractivity contribution is 6.74. The Labute approximate surface area is 337 Å². The first-order chi connectivity index (χ1) is 26.7.